The van der Waals surface area contributed by atoms with Gasteiger partial charge in [-0.15, -0.1) is 0 Å². The van der Waals surface area contributed by atoms with Gasteiger partial charge in [0.2, 0.25) is 0 Å². The molecule has 22 heavy (non-hydrogen) atoms. The van der Waals surface area contributed by atoms with Crippen LogP contribution in [-0.2, 0) is 6.42 Å². The van der Waals surface area contributed by atoms with Crippen molar-refractivity contribution in [1.29, 1.82) is 5.26 Å². The number of hydrogen-bond donors (Lipinski definition) is 1. The normalized spacial score (nSPS) is 20.0. The summed E-state index contributed by atoms with van der Waals surface area (Å²) < 4.78 is 0. The minimum atomic E-state index is 0.629. The van der Waals surface area contributed by atoms with Gasteiger partial charge in [-0.1, -0.05) is 30.3 Å². The minimum Gasteiger partial charge on any atom is -0.366 e. The van der Waals surface area contributed by atoms with Gasteiger partial charge in [-0.3, -0.25) is 0 Å². The van der Waals surface area contributed by atoms with E-state index in [9.17, 15) is 0 Å². The SMILES string of the molecule is N#Cc1ccc(-c2cccc3c2N2CCNCCC2C3)cc1. The van der Waals surface area contributed by atoms with Crippen LogP contribution in [0.25, 0.3) is 11.1 Å². The molecule has 3 nitrogen and oxygen atoms in total. The zero-order valence-corrected chi connectivity index (χ0v) is 12.5. The Morgan fingerprint density at radius 1 is 1.09 bits per heavy atom. The number of fused-ring (bicyclic) bond motifs is 3. The summed E-state index contributed by atoms with van der Waals surface area (Å²) in [7, 11) is 0. The third kappa shape index (κ3) is 2.17. The number of nitrogens with one attached hydrogen (secondary N) is 1. The van der Waals surface area contributed by atoms with Crippen molar-refractivity contribution in [2.24, 2.45) is 0 Å². The second-order valence-corrected chi connectivity index (χ2v) is 6.09. The molecule has 0 spiro atoms. The summed E-state index contributed by atoms with van der Waals surface area (Å²) in [5, 5.41) is 12.5. The molecule has 110 valence electrons. The molecule has 2 aliphatic rings. The average molecular weight is 289 g/mol. The fourth-order valence-corrected chi connectivity index (χ4v) is 3.74. The van der Waals surface area contributed by atoms with Crippen molar-refractivity contribution < 1.29 is 0 Å². The molecule has 1 unspecified atom stereocenters. The van der Waals surface area contributed by atoms with Crippen LogP contribution in [0.3, 0.4) is 0 Å². The largest absolute Gasteiger partial charge is 0.366 e. The first-order chi connectivity index (χ1) is 10.9. The van der Waals surface area contributed by atoms with E-state index in [1.54, 1.807) is 0 Å². The van der Waals surface area contributed by atoms with Gasteiger partial charge in [-0.25, -0.2) is 0 Å². The van der Waals surface area contributed by atoms with Crippen molar-refractivity contribution in [2.45, 2.75) is 18.9 Å². The summed E-state index contributed by atoms with van der Waals surface area (Å²) >= 11 is 0. The van der Waals surface area contributed by atoms with Gasteiger partial charge in [0, 0.05) is 30.4 Å². The standard InChI is InChI=1S/C19H19N3/c20-13-14-4-6-15(7-5-14)18-3-1-2-16-12-17-8-9-21-10-11-22(17)19(16)18/h1-7,17,21H,8-12H2. The molecule has 0 aromatic heterocycles. The van der Waals surface area contributed by atoms with Gasteiger partial charge in [0.25, 0.3) is 0 Å². The molecule has 1 N–H and O–H groups in total. The lowest BCUT2D eigenvalue weighted by Crippen LogP contribution is -2.33. The van der Waals surface area contributed by atoms with E-state index in [1.807, 2.05) is 12.1 Å². The maximum Gasteiger partial charge on any atom is 0.0991 e. The van der Waals surface area contributed by atoms with E-state index in [1.165, 1.54) is 28.8 Å². The lowest BCUT2D eigenvalue weighted by Gasteiger charge is -2.26. The summed E-state index contributed by atoms with van der Waals surface area (Å²) in [5.74, 6) is 0. The van der Waals surface area contributed by atoms with Crippen LogP contribution in [0.15, 0.2) is 42.5 Å². The Kier molecular flexibility index (Phi) is 3.32. The first-order valence-electron chi connectivity index (χ1n) is 7.96. The molecule has 3 heteroatoms. The van der Waals surface area contributed by atoms with E-state index < -0.39 is 0 Å². The predicted octanol–water partition coefficient (Wildman–Crippen LogP) is 2.95. The molecule has 2 aliphatic heterocycles. The Hall–Kier alpha value is -2.31. The molecule has 1 saturated heterocycles. The van der Waals surface area contributed by atoms with E-state index >= 15 is 0 Å². The van der Waals surface area contributed by atoms with Gasteiger partial charge in [-0.2, -0.15) is 5.26 Å². The third-order valence-electron chi connectivity index (χ3n) is 4.81. The quantitative estimate of drug-likeness (QED) is 0.877. The molecule has 2 aromatic rings. The van der Waals surface area contributed by atoms with Gasteiger partial charge in [0.1, 0.15) is 0 Å². The van der Waals surface area contributed by atoms with E-state index in [2.05, 4.69) is 46.6 Å². The maximum absolute atomic E-state index is 8.97. The Labute approximate surface area is 131 Å². The third-order valence-corrected chi connectivity index (χ3v) is 4.81. The summed E-state index contributed by atoms with van der Waals surface area (Å²) in [4.78, 5) is 2.59. The molecule has 0 aliphatic carbocycles. The van der Waals surface area contributed by atoms with Crippen LogP contribution in [0, 0.1) is 11.3 Å². The Morgan fingerprint density at radius 2 is 1.95 bits per heavy atom. The van der Waals surface area contributed by atoms with Crippen LogP contribution in [-0.4, -0.2) is 25.7 Å². The van der Waals surface area contributed by atoms with Gasteiger partial charge < -0.3 is 10.2 Å². The van der Waals surface area contributed by atoms with E-state index in [-0.39, 0.29) is 0 Å². The number of nitriles is 1. The highest BCUT2D eigenvalue weighted by molar-refractivity contribution is 5.83. The highest BCUT2D eigenvalue weighted by Gasteiger charge is 2.31. The lowest BCUT2D eigenvalue weighted by molar-refractivity contribution is 0.612. The van der Waals surface area contributed by atoms with Crippen LogP contribution in [0.1, 0.15) is 17.5 Å². The molecular weight excluding hydrogens is 270 g/mol. The van der Waals surface area contributed by atoms with Crippen molar-refractivity contribution in [3.63, 3.8) is 0 Å². The predicted molar refractivity (Wildman–Crippen MR) is 88.9 cm³/mol. The Balaban J connectivity index is 1.79. The van der Waals surface area contributed by atoms with Gasteiger partial charge >= 0.3 is 0 Å². The highest BCUT2D eigenvalue weighted by Crippen LogP contribution is 2.41. The van der Waals surface area contributed by atoms with Crippen molar-refractivity contribution in [2.75, 3.05) is 24.5 Å². The van der Waals surface area contributed by atoms with Crippen LogP contribution in [0.4, 0.5) is 5.69 Å². The number of nitrogens with zero attached hydrogens (tertiary/aromatic N) is 2. The monoisotopic (exact) mass is 289 g/mol. The molecule has 1 fully saturated rings. The first kappa shape index (κ1) is 13.4. The van der Waals surface area contributed by atoms with Crippen LogP contribution < -0.4 is 10.2 Å². The first-order valence-corrected chi connectivity index (χ1v) is 7.96. The molecule has 2 heterocycles. The van der Waals surface area contributed by atoms with E-state index in [4.69, 9.17) is 5.26 Å². The molecule has 2 aromatic carbocycles. The van der Waals surface area contributed by atoms with Crippen LogP contribution in [0.5, 0.6) is 0 Å². The van der Waals surface area contributed by atoms with Crippen LogP contribution in [0.2, 0.25) is 0 Å². The maximum atomic E-state index is 8.97. The van der Waals surface area contributed by atoms with Crippen molar-refractivity contribution >= 4 is 5.69 Å². The zero-order valence-electron chi connectivity index (χ0n) is 12.5. The van der Waals surface area contributed by atoms with Crippen LogP contribution >= 0.6 is 0 Å². The zero-order chi connectivity index (χ0) is 14.9. The highest BCUT2D eigenvalue weighted by atomic mass is 15.2. The van der Waals surface area contributed by atoms with E-state index in [0.29, 0.717) is 11.6 Å². The average Bonchev–Trinajstić information content (AvgIpc) is 2.76. The summed E-state index contributed by atoms with van der Waals surface area (Å²) in [6.07, 6.45) is 2.36. The molecule has 4 rings (SSSR count). The fourth-order valence-electron chi connectivity index (χ4n) is 3.74. The molecule has 0 bridgehead atoms. The smallest absolute Gasteiger partial charge is 0.0991 e. The molecule has 0 amide bonds. The van der Waals surface area contributed by atoms with Gasteiger partial charge in [0.05, 0.1) is 11.6 Å². The van der Waals surface area contributed by atoms with Crippen molar-refractivity contribution in [3.8, 4) is 17.2 Å². The second kappa shape index (κ2) is 5.47. The second-order valence-electron chi connectivity index (χ2n) is 6.09. The Bertz CT molecular complexity index is 727. The summed E-state index contributed by atoms with van der Waals surface area (Å²) in [6.45, 7) is 3.24. The number of benzene rings is 2. The lowest BCUT2D eigenvalue weighted by atomic mass is 9.99. The topological polar surface area (TPSA) is 39.1 Å². The molecule has 0 saturated carbocycles. The fraction of sp³-hybridized carbons (Fsp3) is 0.316. The molecular formula is C19H19N3. The van der Waals surface area contributed by atoms with Crippen molar-refractivity contribution in [3.05, 3.63) is 53.6 Å². The number of anilines is 1. The molecule has 0 radical (unpaired) electrons. The van der Waals surface area contributed by atoms with Gasteiger partial charge in [-0.05, 0) is 42.6 Å². The van der Waals surface area contributed by atoms with Crippen molar-refractivity contribution in [1.82, 2.24) is 5.32 Å². The summed E-state index contributed by atoms with van der Waals surface area (Å²) in [5.41, 5.74) is 6.09. The number of rotatable bonds is 1. The number of hydrogen-bond acceptors (Lipinski definition) is 3. The van der Waals surface area contributed by atoms with Gasteiger partial charge in [0.15, 0.2) is 0 Å². The Morgan fingerprint density at radius 3 is 2.77 bits per heavy atom. The van der Waals surface area contributed by atoms with E-state index in [0.717, 1.165) is 26.1 Å². The number of para-hydroxylation sites is 1. The summed E-state index contributed by atoms with van der Waals surface area (Å²) in [6, 6.07) is 17.4. The molecule has 1 atom stereocenters. The minimum absolute atomic E-state index is 0.629.